The number of aromatic amines is 1. The molecule has 0 amide bonds. The Labute approximate surface area is 127 Å². The predicted octanol–water partition coefficient (Wildman–Crippen LogP) is 3.29. The van der Waals surface area contributed by atoms with Crippen LogP contribution in [0.3, 0.4) is 0 Å². The zero-order valence-corrected chi connectivity index (χ0v) is 12.1. The Morgan fingerprint density at radius 1 is 1.14 bits per heavy atom. The fraction of sp³-hybridized carbons (Fsp3) is 0.111. The Balaban J connectivity index is 1.82. The lowest BCUT2D eigenvalue weighted by molar-refractivity contribution is 0.306. The number of nitrogens with one attached hydrogen (secondary N) is 1. The molecule has 0 radical (unpaired) electrons. The first-order valence-electron chi connectivity index (χ1n) is 6.91. The molecule has 3 aromatic rings. The molecule has 0 atom stereocenters. The van der Waals surface area contributed by atoms with Crippen molar-refractivity contribution in [1.82, 2.24) is 4.98 Å². The fourth-order valence-electron chi connectivity index (χ4n) is 2.30. The van der Waals surface area contributed by atoms with Crippen molar-refractivity contribution in [2.75, 3.05) is 0 Å². The first-order valence-corrected chi connectivity index (χ1v) is 6.91. The molecule has 0 aliphatic heterocycles. The standard InChI is InChI=1S/C18H14N2O2/c1-12-8-18(21)16-7-6-15(9-17(16)20-12)22-11-14-4-2-13(10-19)3-5-14/h2-9H,11H2,1H3,(H,20,21). The number of nitrogens with zero attached hydrogens (tertiary/aromatic N) is 1. The van der Waals surface area contributed by atoms with E-state index < -0.39 is 0 Å². The second-order valence-electron chi connectivity index (χ2n) is 5.12. The van der Waals surface area contributed by atoms with Gasteiger partial charge in [-0.05, 0) is 36.8 Å². The lowest BCUT2D eigenvalue weighted by Crippen LogP contribution is -2.03. The monoisotopic (exact) mass is 290 g/mol. The normalized spacial score (nSPS) is 10.4. The van der Waals surface area contributed by atoms with Crippen LogP contribution in [0.5, 0.6) is 5.75 Å². The summed E-state index contributed by atoms with van der Waals surface area (Å²) < 4.78 is 5.75. The van der Waals surface area contributed by atoms with Crippen LogP contribution in [0.4, 0.5) is 0 Å². The third-order valence-corrected chi connectivity index (χ3v) is 3.42. The topological polar surface area (TPSA) is 65.9 Å². The molecule has 2 aromatic carbocycles. The van der Waals surface area contributed by atoms with E-state index in [4.69, 9.17) is 10.00 Å². The summed E-state index contributed by atoms with van der Waals surface area (Å²) in [6.45, 7) is 2.26. The minimum atomic E-state index is 0.00453. The smallest absolute Gasteiger partial charge is 0.189 e. The largest absolute Gasteiger partial charge is 0.489 e. The van der Waals surface area contributed by atoms with Gasteiger partial charge >= 0.3 is 0 Å². The number of fused-ring (bicyclic) bond motifs is 1. The summed E-state index contributed by atoms with van der Waals surface area (Å²) in [4.78, 5) is 15.0. The molecular formula is C18H14N2O2. The van der Waals surface area contributed by atoms with Crippen molar-refractivity contribution in [3.05, 3.63) is 75.6 Å². The Kier molecular flexibility index (Phi) is 3.63. The van der Waals surface area contributed by atoms with Crippen LogP contribution in [0, 0.1) is 18.3 Å². The highest BCUT2D eigenvalue weighted by atomic mass is 16.5. The predicted molar refractivity (Wildman–Crippen MR) is 84.8 cm³/mol. The zero-order chi connectivity index (χ0) is 15.5. The van der Waals surface area contributed by atoms with Crippen LogP contribution in [0.25, 0.3) is 10.9 Å². The molecule has 4 nitrogen and oxygen atoms in total. The van der Waals surface area contributed by atoms with Crippen LogP contribution in [0.1, 0.15) is 16.8 Å². The van der Waals surface area contributed by atoms with Gasteiger partial charge in [-0.2, -0.15) is 5.26 Å². The van der Waals surface area contributed by atoms with Gasteiger partial charge in [-0.25, -0.2) is 0 Å². The molecule has 0 saturated heterocycles. The number of pyridine rings is 1. The Bertz CT molecular complexity index is 918. The minimum absolute atomic E-state index is 0.00453. The summed E-state index contributed by atoms with van der Waals surface area (Å²) in [6, 6.07) is 16.3. The van der Waals surface area contributed by atoms with E-state index in [0.29, 0.717) is 23.3 Å². The Morgan fingerprint density at radius 2 is 1.91 bits per heavy atom. The molecule has 1 N–H and O–H groups in total. The average molecular weight is 290 g/mol. The number of aromatic nitrogens is 1. The maximum atomic E-state index is 11.9. The van der Waals surface area contributed by atoms with Crippen LogP contribution in [-0.2, 0) is 6.61 Å². The maximum Gasteiger partial charge on any atom is 0.189 e. The van der Waals surface area contributed by atoms with Gasteiger partial charge in [0.05, 0.1) is 17.1 Å². The van der Waals surface area contributed by atoms with E-state index in [1.165, 1.54) is 0 Å². The summed E-state index contributed by atoms with van der Waals surface area (Å²) >= 11 is 0. The van der Waals surface area contributed by atoms with E-state index in [0.717, 1.165) is 16.8 Å². The van der Waals surface area contributed by atoms with Gasteiger partial charge in [0.25, 0.3) is 0 Å². The van der Waals surface area contributed by atoms with E-state index >= 15 is 0 Å². The molecule has 3 rings (SSSR count). The molecule has 0 fully saturated rings. The van der Waals surface area contributed by atoms with Crippen molar-refractivity contribution >= 4 is 10.9 Å². The number of H-pyrrole nitrogens is 1. The van der Waals surface area contributed by atoms with Crippen LogP contribution in [0.2, 0.25) is 0 Å². The first-order chi connectivity index (χ1) is 10.7. The summed E-state index contributed by atoms with van der Waals surface area (Å²) in [5.41, 5.74) is 3.20. The number of nitriles is 1. The highest BCUT2D eigenvalue weighted by Gasteiger charge is 2.03. The number of aryl methyl sites for hydroxylation is 1. The number of rotatable bonds is 3. The summed E-state index contributed by atoms with van der Waals surface area (Å²) in [5.74, 6) is 0.693. The average Bonchev–Trinajstić information content (AvgIpc) is 2.53. The Morgan fingerprint density at radius 3 is 2.64 bits per heavy atom. The fourth-order valence-corrected chi connectivity index (χ4v) is 2.30. The summed E-state index contributed by atoms with van der Waals surface area (Å²) in [7, 11) is 0. The second kappa shape index (κ2) is 5.74. The minimum Gasteiger partial charge on any atom is -0.489 e. The van der Waals surface area contributed by atoms with Crippen molar-refractivity contribution in [3.8, 4) is 11.8 Å². The SMILES string of the molecule is Cc1cc(=O)c2ccc(OCc3ccc(C#N)cc3)cc2[nH]1. The lowest BCUT2D eigenvalue weighted by atomic mass is 10.1. The van der Waals surface area contributed by atoms with Gasteiger partial charge in [-0.3, -0.25) is 4.79 Å². The van der Waals surface area contributed by atoms with Gasteiger partial charge in [-0.15, -0.1) is 0 Å². The van der Waals surface area contributed by atoms with Crippen molar-refractivity contribution in [1.29, 1.82) is 5.26 Å². The van der Waals surface area contributed by atoms with Crippen LogP contribution in [0.15, 0.2) is 53.3 Å². The van der Waals surface area contributed by atoms with Gasteiger partial charge in [0.1, 0.15) is 12.4 Å². The number of hydrogen-bond donors (Lipinski definition) is 1. The lowest BCUT2D eigenvalue weighted by Gasteiger charge is -2.08. The second-order valence-corrected chi connectivity index (χ2v) is 5.12. The number of hydrogen-bond acceptors (Lipinski definition) is 3. The number of ether oxygens (including phenoxy) is 1. The number of benzene rings is 2. The van der Waals surface area contributed by atoms with E-state index in [2.05, 4.69) is 11.1 Å². The van der Waals surface area contributed by atoms with Gasteiger partial charge < -0.3 is 9.72 Å². The van der Waals surface area contributed by atoms with E-state index in [9.17, 15) is 4.79 Å². The van der Waals surface area contributed by atoms with Crippen molar-refractivity contribution < 1.29 is 4.74 Å². The molecule has 0 aliphatic rings. The van der Waals surface area contributed by atoms with Crippen LogP contribution >= 0.6 is 0 Å². The summed E-state index contributed by atoms with van der Waals surface area (Å²) in [6.07, 6.45) is 0. The third kappa shape index (κ3) is 2.84. The van der Waals surface area contributed by atoms with E-state index in [-0.39, 0.29) is 5.43 Å². The molecule has 108 valence electrons. The molecule has 1 heterocycles. The highest BCUT2D eigenvalue weighted by molar-refractivity contribution is 5.79. The maximum absolute atomic E-state index is 11.9. The van der Waals surface area contributed by atoms with Crippen molar-refractivity contribution in [3.63, 3.8) is 0 Å². The van der Waals surface area contributed by atoms with E-state index in [1.54, 1.807) is 30.3 Å². The Hall–Kier alpha value is -3.06. The van der Waals surface area contributed by atoms with Gasteiger partial charge in [0.2, 0.25) is 0 Å². The molecule has 4 heteroatoms. The molecule has 22 heavy (non-hydrogen) atoms. The highest BCUT2D eigenvalue weighted by Crippen LogP contribution is 2.18. The zero-order valence-electron chi connectivity index (χ0n) is 12.1. The molecule has 0 spiro atoms. The van der Waals surface area contributed by atoms with Crippen molar-refractivity contribution in [2.24, 2.45) is 0 Å². The van der Waals surface area contributed by atoms with Gasteiger partial charge in [0.15, 0.2) is 5.43 Å². The molecule has 0 saturated carbocycles. The van der Waals surface area contributed by atoms with Crippen LogP contribution in [-0.4, -0.2) is 4.98 Å². The summed E-state index contributed by atoms with van der Waals surface area (Å²) in [5, 5.41) is 9.42. The molecule has 0 bridgehead atoms. The molecular weight excluding hydrogens is 276 g/mol. The van der Waals surface area contributed by atoms with Gasteiger partial charge in [0, 0.05) is 23.2 Å². The third-order valence-electron chi connectivity index (χ3n) is 3.42. The van der Waals surface area contributed by atoms with Crippen molar-refractivity contribution in [2.45, 2.75) is 13.5 Å². The van der Waals surface area contributed by atoms with Crippen LogP contribution < -0.4 is 10.2 Å². The molecule has 0 unspecified atom stereocenters. The quantitative estimate of drug-likeness (QED) is 0.805. The van der Waals surface area contributed by atoms with E-state index in [1.807, 2.05) is 25.1 Å². The first kappa shape index (κ1) is 13.9. The molecule has 0 aliphatic carbocycles. The van der Waals surface area contributed by atoms with Gasteiger partial charge in [-0.1, -0.05) is 12.1 Å². The molecule has 1 aromatic heterocycles.